The first kappa shape index (κ1) is 17.6. The van der Waals surface area contributed by atoms with Gasteiger partial charge in [0.15, 0.2) is 0 Å². The molecule has 2 N–H and O–H groups in total. The third-order valence-electron chi connectivity index (χ3n) is 3.15. The van der Waals surface area contributed by atoms with E-state index in [1.54, 1.807) is 49.6 Å². The van der Waals surface area contributed by atoms with Crippen molar-refractivity contribution in [2.24, 2.45) is 0 Å². The molecule has 0 aromatic heterocycles. The molecule has 2 aromatic rings. The van der Waals surface area contributed by atoms with E-state index in [4.69, 9.17) is 16.3 Å². The molecule has 0 aliphatic carbocycles. The minimum absolute atomic E-state index is 0.152. The average molecular weight is 345 g/mol. The molecule has 0 heterocycles. The molecule has 24 heavy (non-hydrogen) atoms. The number of hydrazine groups is 1. The molecule has 0 fully saturated rings. The molecule has 0 unspecified atom stereocenters. The van der Waals surface area contributed by atoms with Crippen molar-refractivity contribution >= 4 is 29.5 Å². The van der Waals surface area contributed by atoms with Crippen molar-refractivity contribution < 1.29 is 14.3 Å². The van der Waals surface area contributed by atoms with E-state index < -0.39 is 5.91 Å². The zero-order valence-electron chi connectivity index (χ0n) is 13.1. The molecule has 0 saturated carbocycles. The number of carbonyl (C=O) groups is 2. The number of amides is 2. The Balaban J connectivity index is 1.78. The van der Waals surface area contributed by atoms with Crippen molar-refractivity contribution in [3.05, 3.63) is 70.8 Å². The van der Waals surface area contributed by atoms with Gasteiger partial charge >= 0.3 is 0 Å². The molecule has 2 rings (SSSR count). The lowest BCUT2D eigenvalue weighted by atomic mass is 10.1. The second-order valence-corrected chi connectivity index (χ2v) is 5.38. The highest BCUT2D eigenvalue weighted by atomic mass is 35.5. The predicted octanol–water partition coefficient (Wildman–Crippen LogP) is 2.75. The van der Waals surface area contributed by atoms with Crippen molar-refractivity contribution in [3.8, 4) is 5.75 Å². The summed E-state index contributed by atoms with van der Waals surface area (Å²) in [5, 5.41) is 0.608. The maximum absolute atomic E-state index is 11.7. The number of halogens is 1. The van der Waals surface area contributed by atoms with Gasteiger partial charge in [0.1, 0.15) is 5.75 Å². The fraction of sp³-hybridized carbons (Fsp3) is 0.111. The summed E-state index contributed by atoms with van der Waals surface area (Å²) in [5.41, 5.74) is 6.34. The first-order valence-corrected chi connectivity index (χ1v) is 7.60. The van der Waals surface area contributed by atoms with Gasteiger partial charge in [-0.1, -0.05) is 35.9 Å². The number of rotatable bonds is 5. The van der Waals surface area contributed by atoms with Gasteiger partial charge in [0.05, 0.1) is 13.5 Å². The van der Waals surface area contributed by atoms with E-state index in [1.807, 2.05) is 12.1 Å². The highest BCUT2D eigenvalue weighted by Crippen LogP contribution is 2.12. The van der Waals surface area contributed by atoms with Crippen LogP contribution in [0.2, 0.25) is 5.02 Å². The average Bonchev–Trinajstić information content (AvgIpc) is 2.60. The van der Waals surface area contributed by atoms with E-state index in [2.05, 4.69) is 10.9 Å². The molecule has 0 spiro atoms. The first-order valence-electron chi connectivity index (χ1n) is 7.22. The van der Waals surface area contributed by atoms with Gasteiger partial charge in [0.2, 0.25) is 5.91 Å². The monoisotopic (exact) mass is 344 g/mol. The molecule has 124 valence electrons. The van der Waals surface area contributed by atoms with Gasteiger partial charge in [-0.25, -0.2) is 0 Å². The van der Waals surface area contributed by atoms with Crippen molar-refractivity contribution in [1.29, 1.82) is 0 Å². The number of methoxy groups -OCH3 is 1. The third-order valence-corrected chi connectivity index (χ3v) is 3.40. The van der Waals surface area contributed by atoms with Crippen LogP contribution in [0.15, 0.2) is 54.6 Å². The van der Waals surface area contributed by atoms with Crippen molar-refractivity contribution in [1.82, 2.24) is 10.9 Å². The van der Waals surface area contributed by atoms with Crippen molar-refractivity contribution in [2.75, 3.05) is 7.11 Å². The lowest BCUT2D eigenvalue weighted by Crippen LogP contribution is -2.41. The fourth-order valence-corrected chi connectivity index (χ4v) is 2.02. The van der Waals surface area contributed by atoms with Crippen LogP contribution < -0.4 is 15.6 Å². The molecule has 2 aromatic carbocycles. The van der Waals surface area contributed by atoms with E-state index in [0.29, 0.717) is 5.02 Å². The second-order valence-electron chi connectivity index (χ2n) is 4.95. The number of hydrogen-bond acceptors (Lipinski definition) is 3. The molecule has 0 saturated heterocycles. The van der Waals surface area contributed by atoms with E-state index in [0.717, 1.165) is 16.9 Å². The minimum atomic E-state index is -0.421. The van der Waals surface area contributed by atoms with Gasteiger partial charge in [-0.05, 0) is 41.5 Å². The molecule has 0 radical (unpaired) electrons. The molecule has 2 amide bonds. The van der Waals surface area contributed by atoms with Crippen molar-refractivity contribution in [2.45, 2.75) is 6.42 Å². The van der Waals surface area contributed by atoms with Gasteiger partial charge < -0.3 is 4.74 Å². The fourth-order valence-electron chi connectivity index (χ4n) is 1.89. The smallest absolute Gasteiger partial charge is 0.262 e. The van der Waals surface area contributed by atoms with Crippen LogP contribution in [0.4, 0.5) is 0 Å². The lowest BCUT2D eigenvalue weighted by molar-refractivity contribution is -0.126. The summed E-state index contributed by atoms with van der Waals surface area (Å²) in [7, 11) is 1.59. The summed E-state index contributed by atoms with van der Waals surface area (Å²) in [6, 6.07) is 14.2. The second kappa shape index (κ2) is 8.74. The van der Waals surface area contributed by atoms with Crippen LogP contribution in [-0.2, 0) is 16.0 Å². The predicted molar refractivity (Wildman–Crippen MR) is 93.5 cm³/mol. The van der Waals surface area contributed by atoms with Crippen LogP contribution in [-0.4, -0.2) is 18.9 Å². The molecule has 0 aliphatic heterocycles. The van der Waals surface area contributed by atoms with Gasteiger partial charge in [0, 0.05) is 11.1 Å². The Morgan fingerprint density at radius 2 is 1.71 bits per heavy atom. The van der Waals surface area contributed by atoms with Gasteiger partial charge in [-0.15, -0.1) is 0 Å². The largest absolute Gasteiger partial charge is 0.497 e. The van der Waals surface area contributed by atoms with Gasteiger partial charge in [0.25, 0.3) is 5.91 Å². The van der Waals surface area contributed by atoms with E-state index in [-0.39, 0.29) is 12.3 Å². The first-order chi connectivity index (χ1) is 11.6. The van der Waals surface area contributed by atoms with Crippen LogP contribution >= 0.6 is 11.6 Å². The summed E-state index contributed by atoms with van der Waals surface area (Å²) in [6.45, 7) is 0. The summed E-state index contributed by atoms with van der Waals surface area (Å²) in [5.74, 6) is 0.00450. The molecule has 6 heteroatoms. The number of ether oxygens (including phenoxy) is 1. The van der Waals surface area contributed by atoms with Gasteiger partial charge in [-0.2, -0.15) is 0 Å². The zero-order valence-corrected chi connectivity index (χ0v) is 13.8. The van der Waals surface area contributed by atoms with Crippen LogP contribution in [0.25, 0.3) is 6.08 Å². The molecule has 0 atom stereocenters. The molecule has 0 bridgehead atoms. The van der Waals surface area contributed by atoms with Crippen LogP contribution in [0.1, 0.15) is 11.1 Å². The number of benzene rings is 2. The normalized spacial score (nSPS) is 10.4. The zero-order chi connectivity index (χ0) is 17.4. The Morgan fingerprint density at radius 1 is 1.04 bits per heavy atom. The summed E-state index contributed by atoms with van der Waals surface area (Å²) >= 11 is 5.78. The van der Waals surface area contributed by atoms with E-state index in [1.165, 1.54) is 6.08 Å². The standard InChI is InChI=1S/C18H17ClN2O3/c1-24-16-9-4-13(5-10-16)6-11-17(22)20-21-18(23)12-14-2-7-15(19)8-3-14/h2-11H,12H2,1H3,(H,20,22)(H,21,23)/b11-6+. The Morgan fingerprint density at radius 3 is 2.33 bits per heavy atom. The third kappa shape index (κ3) is 5.78. The highest BCUT2D eigenvalue weighted by Gasteiger charge is 2.04. The Hall–Kier alpha value is -2.79. The quantitative estimate of drug-likeness (QED) is 0.647. The van der Waals surface area contributed by atoms with Gasteiger partial charge in [-0.3, -0.25) is 20.4 Å². The Kier molecular flexibility index (Phi) is 6.40. The SMILES string of the molecule is COc1ccc(/C=C/C(=O)NNC(=O)Cc2ccc(Cl)cc2)cc1. The Labute approximate surface area is 145 Å². The number of carbonyl (C=O) groups excluding carboxylic acids is 2. The van der Waals surface area contributed by atoms with Crippen LogP contribution in [0, 0.1) is 0 Å². The van der Waals surface area contributed by atoms with Crippen LogP contribution in [0.3, 0.4) is 0 Å². The number of hydrogen-bond donors (Lipinski definition) is 2. The van der Waals surface area contributed by atoms with E-state index >= 15 is 0 Å². The maximum atomic E-state index is 11.7. The van der Waals surface area contributed by atoms with E-state index in [9.17, 15) is 9.59 Å². The van der Waals surface area contributed by atoms with Crippen molar-refractivity contribution in [3.63, 3.8) is 0 Å². The summed E-state index contributed by atoms with van der Waals surface area (Å²) in [4.78, 5) is 23.4. The van der Waals surface area contributed by atoms with Crippen LogP contribution in [0.5, 0.6) is 5.75 Å². The molecule has 5 nitrogen and oxygen atoms in total. The minimum Gasteiger partial charge on any atom is -0.497 e. The molecular weight excluding hydrogens is 328 g/mol. The summed E-state index contributed by atoms with van der Waals surface area (Å²) in [6.07, 6.45) is 3.13. The lowest BCUT2D eigenvalue weighted by Gasteiger charge is -2.05. The maximum Gasteiger partial charge on any atom is 0.262 e. The summed E-state index contributed by atoms with van der Waals surface area (Å²) < 4.78 is 5.06. The molecular formula is C18H17ClN2O3. The molecule has 0 aliphatic rings. The highest BCUT2D eigenvalue weighted by molar-refractivity contribution is 6.30. The number of nitrogens with one attached hydrogen (secondary N) is 2. The topological polar surface area (TPSA) is 67.4 Å². The Bertz CT molecular complexity index is 725.